The molecule has 4 heteroatoms. The van der Waals surface area contributed by atoms with Crippen molar-refractivity contribution < 1.29 is 9.53 Å². The molecule has 23 heavy (non-hydrogen) atoms. The molecule has 1 fully saturated rings. The topological polar surface area (TPSA) is 62.1 Å². The van der Waals surface area contributed by atoms with Crippen LogP contribution in [0.1, 0.15) is 45.1 Å². The minimum atomic E-state index is -0.284. The normalized spacial score (nSPS) is 21.3. The lowest BCUT2D eigenvalue weighted by molar-refractivity contribution is -0.118. The van der Waals surface area contributed by atoms with Crippen molar-refractivity contribution in [3.05, 3.63) is 35.4 Å². The van der Waals surface area contributed by atoms with Gasteiger partial charge in [0.25, 0.3) is 5.91 Å². The van der Waals surface area contributed by atoms with E-state index in [0.717, 1.165) is 30.6 Å². The van der Waals surface area contributed by atoms with Crippen molar-refractivity contribution in [1.82, 2.24) is 5.32 Å². The minimum absolute atomic E-state index is 0.136. The highest BCUT2D eigenvalue weighted by atomic mass is 16.5. The Labute approximate surface area is 138 Å². The molecule has 1 aliphatic rings. The van der Waals surface area contributed by atoms with Crippen LogP contribution in [0.15, 0.2) is 29.8 Å². The summed E-state index contributed by atoms with van der Waals surface area (Å²) in [5.41, 5.74) is 0.927. The van der Waals surface area contributed by atoms with Crippen LogP contribution >= 0.6 is 0 Å². The van der Waals surface area contributed by atoms with Gasteiger partial charge in [-0.25, -0.2) is 0 Å². The van der Waals surface area contributed by atoms with Crippen molar-refractivity contribution in [1.29, 1.82) is 5.26 Å². The van der Waals surface area contributed by atoms with Crippen LogP contribution in [0, 0.1) is 17.2 Å². The average molecular weight is 312 g/mol. The highest BCUT2D eigenvalue weighted by Gasteiger charge is 2.23. The molecule has 1 aromatic rings. The van der Waals surface area contributed by atoms with Gasteiger partial charge in [-0.15, -0.1) is 0 Å². The first-order valence-electron chi connectivity index (χ1n) is 8.29. The Morgan fingerprint density at radius 2 is 2.22 bits per heavy atom. The Balaban J connectivity index is 2.10. The van der Waals surface area contributed by atoms with Crippen molar-refractivity contribution in [2.45, 2.75) is 45.6 Å². The van der Waals surface area contributed by atoms with Crippen LogP contribution in [-0.2, 0) is 4.79 Å². The maximum atomic E-state index is 12.4. The number of amides is 1. The molecule has 1 amide bonds. The van der Waals surface area contributed by atoms with Crippen LogP contribution in [0.3, 0.4) is 0 Å². The molecule has 0 heterocycles. The number of hydrogen-bond acceptors (Lipinski definition) is 3. The van der Waals surface area contributed by atoms with Crippen LogP contribution in [0.25, 0.3) is 6.08 Å². The van der Waals surface area contributed by atoms with E-state index in [0.29, 0.717) is 12.5 Å². The molecule has 0 spiro atoms. The van der Waals surface area contributed by atoms with E-state index >= 15 is 0 Å². The molecule has 0 saturated heterocycles. The summed E-state index contributed by atoms with van der Waals surface area (Å²) in [6.07, 6.45) is 6.10. The lowest BCUT2D eigenvalue weighted by Gasteiger charge is -2.29. The van der Waals surface area contributed by atoms with Crippen molar-refractivity contribution in [3.63, 3.8) is 0 Å². The first-order chi connectivity index (χ1) is 11.1. The van der Waals surface area contributed by atoms with Crippen molar-refractivity contribution in [3.8, 4) is 11.8 Å². The van der Waals surface area contributed by atoms with Gasteiger partial charge in [-0.2, -0.15) is 5.26 Å². The Morgan fingerprint density at radius 1 is 1.43 bits per heavy atom. The molecule has 1 aromatic carbocycles. The fourth-order valence-corrected chi connectivity index (χ4v) is 2.95. The fourth-order valence-electron chi connectivity index (χ4n) is 2.95. The van der Waals surface area contributed by atoms with Gasteiger partial charge >= 0.3 is 0 Å². The summed E-state index contributed by atoms with van der Waals surface area (Å²) < 4.78 is 5.45. The van der Waals surface area contributed by atoms with Gasteiger partial charge < -0.3 is 10.1 Å². The van der Waals surface area contributed by atoms with Crippen molar-refractivity contribution >= 4 is 12.0 Å². The number of benzene rings is 1. The smallest absolute Gasteiger partial charge is 0.262 e. The zero-order valence-electron chi connectivity index (χ0n) is 13.8. The van der Waals surface area contributed by atoms with E-state index in [2.05, 4.69) is 12.2 Å². The van der Waals surface area contributed by atoms with E-state index in [1.807, 2.05) is 37.3 Å². The van der Waals surface area contributed by atoms with E-state index < -0.39 is 0 Å². The summed E-state index contributed by atoms with van der Waals surface area (Å²) in [5, 5.41) is 12.3. The van der Waals surface area contributed by atoms with Gasteiger partial charge in [-0.05, 0) is 49.5 Å². The number of ether oxygens (including phenoxy) is 1. The molecular formula is C19H24N2O2. The number of hydrogen-bond donors (Lipinski definition) is 1. The number of nitrogens with zero attached hydrogens (tertiary/aromatic N) is 1. The van der Waals surface area contributed by atoms with Gasteiger partial charge in [0.2, 0.25) is 0 Å². The van der Waals surface area contributed by atoms with Crippen molar-refractivity contribution in [2.75, 3.05) is 6.61 Å². The number of rotatable bonds is 5. The fraction of sp³-hybridized carbons (Fsp3) is 0.474. The molecule has 122 valence electrons. The largest absolute Gasteiger partial charge is 0.494 e. The Bertz CT molecular complexity index is 616. The lowest BCUT2D eigenvalue weighted by atomic mass is 9.86. The van der Waals surface area contributed by atoms with Gasteiger partial charge in [0.05, 0.1) is 6.61 Å². The zero-order valence-corrected chi connectivity index (χ0v) is 13.8. The quantitative estimate of drug-likeness (QED) is 0.666. The highest BCUT2D eigenvalue weighted by Crippen LogP contribution is 2.24. The summed E-state index contributed by atoms with van der Waals surface area (Å²) in [7, 11) is 0. The molecule has 2 rings (SSSR count). The molecule has 4 nitrogen and oxygen atoms in total. The van der Waals surface area contributed by atoms with Crippen molar-refractivity contribution in [2.24, 2.45) is 5.92 Å². The van der Waals surface area contributed by atoms with E-state index in [1.54, 1.807) is 6.08 Å². The molecule has 1 aliphatic carbocycles. The van der Waals surface area contributed by atoms with Gasteiger partial charge in [-0.1, -0.05) is 31.9 Å². The number of nitriles is 1. The summed E-state index contributed by atoms with van der Waals surface area (Å²) in [5.74, 6) is 0.918. The average Bonchev–Trinajstić information content (AvgIpc) is 2.55. The standard InChI is InChI=1S/C19H24N2O2/c1-3-23-17-9-6-8-15(12-17)11-16(13-20)19(22)21-18-10-5-4-7-14(18)2/h6,8-9,11-12,14,18H,3-5,7,10H2,1-2H3,(H,21,22)/b16-11+/t14-,18+/m1/s1. The number of carbonyl (C=O) groups is 1. The molecule has 0 aliphatic heterocycles. The SMILES string of the molecule is CCOc1cccc(/C=C(\C#N)C(=O)N[C@H]2CCCC[C@H]2C)c1. The van der Waals surface area contributed by atoms with Crippen LogP contribution in [-0.4, -0.2) is 18.6 Å². The third-order valence-electron chi connectivity index (χ3n) is 4.27. The van der Waals surface area contributed by atoms with Gasteiger partial charge in [0.1, 0.15) is 17.4 Å². The van der Waals surface area contributed by atoms with E-state index in [1.165, 1.54) is 6.42 Å². The van der Waals surface area contributed by atoms with Crippen LogP contribution < -0.4 is 10.1 Å². The summed E-state index contributed by atoms with van der Waals surface area (Å²) in [6.45, 7) is 4.66. The molecule has 0 aromatic heterocycles. The summed E-state index contributed by atoms with van der Waals surface area (Å²) in [4.78, 5) is 12.4. The number of nitrogens with one attached hydrogen (secondary N) is 1. The molecule has 0 unspecified atom stereocenters. The molecule has 0 radical (unpaired) electrons. The molecule has 1 saturated carbocycles. The third kappa shape index (κ3) is 4.85. The van der Waals surface area contributed by atoms with Crippen LogP contribution in [0.5, 0.6) is 5.75 Å². The highest BCUT2D eigenvalue weighted by molar-refractivity contribution is 6.01. The summed E-state index contributed by atoms with van der Waals surface area (Å²) in [6, 6.07) is 9.58. The molecule has 2 atom stereocenters. The summed E-state index contributed by atoms with van der Waals surface area (Å²) >= 11 is 0. The second kappa shape index (κ2) is 8.38. The molecule has 0 bridgehead atoms. The van der Waals surface area contributed by atoms with E-state index in [-0.39, 0.29) is 17.5 Å². The second-order valence-electron chi connectivity index (χ2n) is 6.02. The third-order valence-corrected chi connectivity index (χ3v) is 4.27. The minimum Gasteiger partial charge on any atom is -0.494 e. The van der Waals surface area contributed by atoms with E-state index in [4.69, 9.17) is 4.74 Å². The maximum Gasteiger partial charge on any atom is 0.262 e. The van der Waals surface area contributed by atoms with Crippen LogP contribution in [0.4, 0.5) is 0 Å². The van der Waals surface area contributed by atoms with Gasteiger partial charge in [0, 0.05) is 6.04 Å². The predicted octanol–water partition coefficient (Wildman–Crippen LogP) is 3.69. The van der Waals surface area contributed by atoms with Gasteiger partial charge in [-0.3, -0.25) is 4.79 Å². The second-order valence-corrected chi connectivity index (χ2v) is 6.02. The molecular weight excluding hydrogens is 288 g/mol. The number of carbonyl (C=O) groups excluding carboxylic acids is 1. The first-order valence-corrected chi connectivity index (χ1v) is 8.29. The Kier molecular flexibility index (Phi) is 6.22. The predicted molar refractivity (Wildman–Crippen MR) is 90.8 cm³/mol. The molecule has 1 N–H and O–H groups in total. The lowest BCUT2D eigenvalue weighted by Crippen LogP contribution is -2.41. The van der Waals surface area contributed by atoms with Crippen LogP contribution in [0.2, 0.25) is 0 Å². The maximum absolute atomic E-state index is 12.4. The first kappa shape index (κ1) is 17.1. The monoisotopic (exact) mass is 312 g/mol. The van der Waals surface area contributed by atoms with E-state index in [9.17, 15) is 10.1 Å². The van der Waals surface area contributed by atoms with Gasteiger partial charge in [0.15, 0.2) is 0 Å². The Morgan fingerprint density at radius 3 is 2.91 bits per heavy atom. The zero-order chi connectivity index (χ0) is 16.7. The Hall–Kier alpha value is -2.28.